The predicted octanol–water partition coefficient (Wildman–Crippen LogP) is 1.90. The number of nitrogens with one attached hydrogen (secondary N) is 2. The van der Waals surface area contributed by atoms with Gasteiger partial charge in [0.2, 0.25) is 0 Å². The minimum absolute atomic E-state index is 0.0176. The van der Waals surface area contributed by atoms with E-state index in [4.69, 9.17) is 4.52 Å². The number of aromatic nitrogens is 2. The number of carbonyl (C=O) groups is 1. The number of aliphatic hydroxyl groups excluding tert-OH is 1. The van der Waals surface area contributed by atoms with Gasteiger partial charge in [-0.25, -0.2) is 4.79 Å². The van der Waals surface area contributed by atoms with Gasteiger partial charge in [-0.15, -0.1) is 0 Å². The van der Waals surface area contributed by atoms with E-state index in [-0.39, 0.29) is 24.6 Å². The number of rotatable bonds is 7. The molecule has 0 radical (unpaired) electrons. The standard InChI is InChI=1S/C17H24N4O3/c1-11(16-12(2)21-24-13(16)3)20-17(23)19-9-14(10-22)8-15-6-4-5-7-18-15/h4-7,11,14,22H,8-10H2,1-3H3,(H2,19,20,23). The lowest BCUT2D eigenvalue weighted by atomic mass is 10.0. The SMILES string of the molecule is Cc1noc(C)c1C(C)NC(=O)NCC(CO)Cc1ccccn1. The maximum atomic E-state index is 12.1. The van der Waals surface area contributed by atoms with Gasteiger partial charge in [-0.2, -0.15) is 0 Å². The third kappa shape index (κ3) is 4.79. The molecule has 0 aliphatic rings. The first-order valence-electron chi connectivity index (χ1n) is 7.99. The molecule has 2 heterocycles. The third-order valence-electron chi connectivity index (χ3n) is 3.90. The number of nitrogens with zero attached hydrogens (tertiary/aromatic N) is 2. The molecule has 2 atom stereocenters. The van der Waals surface area contributed by atoms with E-state index in [1.54, 1.807) is 6.20 Å². The molecule has 0 saturated carbocycles. The van der Waals surface area contributed by atoms with Crippen molar-refractivity contribution >= 4 is 6.03 Å². The van der Waals surface area contributed by atoms with Crippen LogP contribution in [-0.4, -0.2) is 34.4 Å². The Kier molecular flexibility index (Phi) is 6.31. The van der Waals surface area contributed by atoms with Crippen LogP contribution in [-0.2, 0) is 6.42 Å². The smallest absolute Gasteiger partial charge is 0.315 e. The quantitative estimate of drug-likeness (QED) is 0.719. The molecule has 0 saturated heterocycles. The fourth-order valence-electron chi connectivity index (χ4n) is 2.68. The molecule has 0 bridgehead atoms. The summed E-state index contributed by atoms with van der Waals surface area (Å²) in [6, 6.07) is 5.16. The Morgan fingerprint density at radius 2 is 2.17 bits per heavy atom. The zero-order valence-corrected chi connectivity index (χ0v) is 14.2. The number of hydrogen-bond acceptors (Lipinski definition) is 5. The normalized spacial score (nSPS) is 13.3. The number of carbonyl (C=O) groups excluding carboxylic acids is 1. The Morgan fingerprint density at radius 1 is 1.38 bits per heavy atom. The van der Waals surface area contributed by atoms with Crippen molar-refractivity contribution in [2.24, 2.45) is 5.92 Å². The zero-order chi connectivity index (χ0) is 17.5. The van der Waals surface area contributed by atoms with E-state index in [0.717, 1.165) is 17.0 Å². The van der Waals surface area contributed by atoms with Crippen LogP contribution in [0.15, 0.2) is 28.9 Å². The van der Waals surface area contributed by atoms with E-state index >= 15 is 0 Å². The molecule has 130 valence electrons. The van der Waals surface area contributed by atoms with Crippen molar-refractivity contribution in [3.63, 3.8) is 0 Å². The summed E-state index contributed by atoms with van der Waals surface area (Å²) in [5.41, 5.74) is 2.55. The lowest BCUT2D eigenvalue weighted by Gasteiger charge is -2.18. The molecular formula is C17H24N4O3. The lowest BCUT2D eigenvalue weighted by Crippen LogP contribution is -2.40. The summed E-state index contributed by atoms with van der Waals surface area (Å²) in [5, 5.41) is 19.0. The van der Waals surface area contributed by atoms with Gasteiger partial charge < -0.3 is 20.3 Å². The Balaban J connectivity index is 1.83. The minimum atomic E-state index is -0.290. The summed E-state index contributed by atoms with van der Waals surface area (Å²) in [6.45, 7) is 5.89. The van der Waals surface area contributed by atoms with Crippen LogP contribution in [0.3, 0.4) is 0 Å². The van der Waals surface area contributed by atoms with Gasteiger partial charge in [-0.05, 0) is 39.3 Å². The fourth-order valence-corrected chi connectivity index (χ4v) is 2.68. The number of aliphatic hydroxyl groups is 1. The highest BCUT2D eigenvalue weighted by Gasteiger charge is 2.18. The summed E-state index contributed by atoms with van der Waals surface area (Å²) < 4.78 is 5.12. The molecule has 7 heteroatoms. The molecule has 0 fully saturated rings. The van der Waals surface area contributed by atoms with E-state index in [1.807, 2.05) is 39.0 Å². The second kappa shape index (κ2) is 8.44. The Bertz CT molecular complexity index is 638. The molecule has 0 spiro atoms. The van der Waals surface area contributed by atoms with Crippen LogP contribution < -0.4 is 10.6 Å². The van der Waals surface area contributed by atoms with Gasteiger partial charge in [0.15, 0.2) is 0 Å². The van der Waals surface area contributed by atoms with Crippen molar-refractivity contribution in [2.75, 3.05) is 13.2 Å². The first kappa shape index (κ1) is 17.9. The molecule has 0 aromatic carbocycles. The topological polar surface area (TPSA) is 100 Å². The molecule has 2 aromatic heterocycles. The highest BCUT2D eigenvalue weighted by atomic mass is 16.5. The minimum Gasteiger partial charge on any atom is -0.396 e. The largest absolute Gasteiger partial charge is 0.396 e. The second-order valence-electron chi connectivity index (χ2n) is 5.89. The average Bonchev–Trinajstić information content (AvgIpc) is 2.91. The molecule has 0 aliphatic carbocycles. The number of hydrogen-bond donors (Lipinski definition) is 3. The summed E-state index contributed by atoms with van der Waals surface area (Å²) in [7, 11) is 0. The zero-order valence-electron chi connectivity index (χ0n) is 14.2. The molecular weight excluding hydrogens is 308 g/mol. The van der Waals surface area contributed by atoms with Gasteiger partial charge in [0.25, 0.3) is 0 Å². The number of urea groups is 1. The van der Waals surface area contributed by atoms with E-state index in [9.17, 15) is 9.90 Å². The van der Waals surface area contributed by atoms with Crippen LogP contribution in [0.25, 0.3) is 0 Å². The maximum absolute atomic E-state index is 12.1. The first-order chi connectivity index (χ1) is 11.5. The molecule has 2 rings (SSSR count). The summed E-state index contributed by atoms with van der Waals surface area (Å²) in [5.74, 6) is 0.615. The van der Waals surface area contributed by atoms with Crippen LogP contribution in [0.2, 0.25) is 0 Å². The summed E-state index contributed by atoms with van der Waals surface area (Å²) in [6.07, 6.45) is 2.33. The monoisotopic (exact) mass is 332 g/mol. The first-order valence-corrected chi connectivity index (χ1v) is 7.99. The van der Waals surface area contributed by atoms with E-state index in [1.165, 1.54) is 0 Å². The molecule has 2 amide bonds. The molecule has 2 aromatic rings. The third-order valence-corrected chi connectivity index (χ3v) is 3.90. The van der Waals surface area contributed by atoms with Crippen LogP contribution >= 0.6 is 0 Å². The Morgan fingerprint density at radius 3 is 2.75 bits per heavy atom. The van der Waals surface area contributed by atoms with Crippen LogP contribution in [0.4, 0.5) is 4.79 Å². The van der Waals surface area contributed by atoms with Crippen LogP contribution in [0.5, 0.6) is 0 Å². The Hall–Kier alpha value is -2.41. The van der Waals surface area contributed by atoms with Crippen molar-refractivity contribution < 1.29 is 14.4 Å². The molecule has 3 N–H and O–H groups in total. The van der Waals surface area contributed by atoms with E-state index in [2.05, 4.69) is 20.8 Å². The van der Waals surface area contributed by atoms with Gasteiger partial charge in [0.1, 0.15) is 5.76 Å². The number of pyridine rings is 1. The van der Waals surface area contributed by atoms with Gasteiger partial charge in [-0.3, -0.25) is 4.98 Å². The van der Waals surface area contributed by atoms with Crippen molar-refractivity contribution in [3.05, 3.63) is 47.1 Å². The maximum Gasteiger partial charge on any atom is 0.315 e. The molecule has 0 aliphatic heterocycles. The van der Waals surface area contributed by atoms with E-state index in [0.29, 0.717) is 18.7 Å². The lowest BCUT2D eigenvalue weighted by molar-refractivity contribution is 0.212. The summed E-state index contributed by atoms with van der Waals surface area (Å²) in [4.78, 5) is 16.3. The predicted molar refractivity (Wildman–Crippen MR) is 89.4 cm³/mol. The summed E-state index contributed by atoms with van der Waals surface area (Å²) >= 11 is 0. The van der Waals surface area contributed by atoms with Crippen molar-refractivity contribution in [3.8, 4) is 0 Å². The van der Waals surface area contributed by atoms with Crippen LogP contribution in [0.1, 0.15) is 35.7 Å². The fraction of sp³-hybridized carbons (Fsp3) is 0.471. The van der Waals surface area contributed by atoms with Gasteiger partial charge in [-0.1, -0.05) is 11.2 Å². The number of amides is 2. The molecule has 7 nitrogen and oxygen atoms in total. The highest BCUT2D eigenvalue weighted by molar-refractivity contribution is 5.74. The molecule has 2 unspecified atom stereocenters. The van der Waals surface area contributed by atoms with Gasteiger partial charge in [0, 0.05) is 36.5 Å². The molecule has 24 heavy (non-hydrogen) atoms. The van der Waals surface area contributed by atoms with E-state index < -0.39 is 0 Å². The van der Waals surface area contributed by atoms with Gasteiger partial charge >= 0.3 is 6.03 Å². The van der Waals surface area contributed by atoms with Crippen molar-refractivity contribution in [1.29, 1.82) is 0 Å². The average molecular weight is 332 g/mol. The second-order valence-corrected chi connectivity index (χ2v) is 5.89. The van der Waals surface area contributed by atoms with Crippen molar-refractivity contribution in [2.45, 2.75) is 33.2 Å². The van der Waals surface area contributed by atoms with Crippen LogP contribution in [0, 0.1) is 19.8 Å². The van der Waals surface area contributed by atoms with Crippen molar-refractivity contribution in [1.82, 2.24) is 20.8 Å². The number of aryl methyl sites for hydroxylation is 2. The van der Waals surface area contributed by atoms with Gasteiger partial charge in [0.05, 0.1) is 11.7 Å². The highest BCUT2D eigenvalue weighted by Crippen LogP contribution is 2.20. The Labute approximate surface area is 141 Å².